The van der Waals surface area contributed by atoms with Gasteiger partial charge in [-0.3, -0.25) is 9.59 Å². The number of carboxylic acid groups (broad SMARTS) is 1. The van der Waals surface area contributed by atoms with Crippen molar-refractivity contribution < 1.29 is 24.6 Å². The predicted octanol–water partition coefficient (Wildman–Crippen LogP) is 4.84. The van der Waals surface area contributed by atoms with Crippen LogP contribution in [-0.4, -0.2) is 52.7 Å². The molecule has 36 heavy (non-hydrogen) atoms. The molecule has 0 saturated carbocycles. The van der Waals surface area contributed by atoms with Crippen LogP contribution in [-0.2, 0) is 14.4 Å². The van der Waals surface area contributed by atoms with Gasteiger partial charge in [0.2, 0.25) is 11.8 Å². The first kappa shape index (κ1) is 36.8. The second kappa shape index (κ2) is 25.3. The van der Waals surface area contributed by atoms with Crippen LogP contribution in [0.4, 0.5) is 0 Å². The minimum atomic E-state index is -1.23. The number of aliphatic hydroxyl groups is 1. The van der Waals surface area contributed by atoms with Gasteiger partial charge in [0.15, 0.2) is 0 Å². The van der Waals surface area contributed by atoms with E-state index in [1.165, 1.54) is 90.4 Å². The number of unbranched alkanes of at least 4 members (excludes halogenated alkanes) is 15. The molecule has 0 aromatic heterocycles. The third-order valence-corrected chi connectivity index (χ3v) is 6.45. The topological polar surface area (TPSA) is 142 Å². The Bertz CT molecular complexity index is 564. The van der Waals surface area contributed by atoms with E-state index in [1.807, 2.05) is 0 Å². The van der Waals surface area contributed by atoms with E-state index in [2.05, 4.69) is 17.6 Å². The molecule has 0 rings (SSSR count). The third-order valence-electron chi connectivity index (χ3n) is 6.45. The Morgan fingerprint density at radius 2 is 1.19 bits per heavy atom. The smallest absolute Gasteiger partial charge is 0.326 e. The zero-order chi connectivity index (χ0) is 26.3. The maximum atomic E-state index is 12.4. The number of halogens is 1. The number of rotatable bonds is 25. The molecular weight excluding hydrogens is 482 g/mol. The molecule has 0 spiro atoms. The monoisotopic (exact) mass is 535 g/mol. The van der Waals surface area contributed by atoms with E-state index in [0.29, 0.717) is 6.54 Å². The summed E-state index contributed by atoms with van der Waals surface area (Å²) in [7, 11) is 0. The zero-order valence-electron chi connectivity index (χ0n) is 22.8. The van der Waals surface area contributed by atoms with Crippen molar-refractivity contribution in [3.8, 4) is 0 Å². The quantitative estimate of drug-likeness (QED) is 0.106. The molecule has 0 bridgehead atoms. The van der Waals surface area contributed by atoms with Crippen molar-refractivity contribution in [2.24, 2.45) is 5.73 Å². The minimum absolute atomic E-state index is 0. The molecule has 0 radical (unpaired) electrons. The molecule has 214 valence electrons. The summed E-state index contributed by atoms with van der Waals surface area (Å²) in [4.78, 5) is 34.7. The average molecular weight is 536 g/mol. The van der Waals surface area contributed by atoms with Crippen molar-refractivity contribution in [1.82, 2.24) is 10.6 Å². The highest BCUT2D eigenvalue weighted by Crippen LogP contribution is 2.13. The van der Waals surface area contributed by atoms with Crippen LogP contribution >= 0.6 is 12.4 Å². The third kappa shape index (κ3) is 21.9. The molecule has 0 unspecified atom stereocenters. The van der Waals surface area contributed by atoms with Gasteiger partial charge in [0.1, 0.15) is 12.1 Å². The Kier molecular flexibility index (Phi) is 25.8. The summed E-state index contributed by atoms with van der Waals surface area (Å²) < 4.78 is 0. The second-order valence-electron chi connectivity index (χ2n) is 9.88. The summed E-state index contributed by atoms with van der Waals surface area (Å²) in [6.45, 7) is 4.32. The van der Waals surface area contributed by atoms with Crippen molar-refractivity contribution in [3.63, 3.8) is 0 Å². The molecule has 3 atom stereocenters. The van der Waals surface area contributed by atoms with Crippen LogP contribution in [0.2, 0.25) is 0 Å². The lowest BCUT2D eigenvalue weighted by molar-refractivity contribution is -0.143. The molecule has 8 nitrogen and oxygen atoms in total. The van der Waals surface area contributed by atoms with Crippen LogP contribution in [0.3, 0.4) is 0 Å². The van der Waals surface area contributed by atoms with Crippen molar-refractivity contribution in [2.75, 3.05) is 6.54 Å². The number of nitrogens with one attached hydrogen (secondary N) is 2. The molecular formula is C27H54ClN3O5. The summed E-state index contributed by atoms with van der Waals surface area (Å²) in [6, 6.07) is -2.12. The Morgan fingerprint density at radius 3 is 1.56 bits per heavy atom. The van der Waals surface area contributed by atoms with Gasteiger partial charge in [0.25, 0.3) is 0 Å². The number of carboxylic acids is 1. The summed E-state index contributed by atoms with van der Waals surface area (Å²) in [5.74, 6) is -2.45. The normalized spacial score (nSPS) is 13.4. The lowest BCUT2D eigenvalue weighted by Crippen LogP contribution is -2.54. The van der Waals surface area contributed by atoms with Gasteiger partial charge >= 0.3 is 5.97 Å². The number of hydrogen-bond acceptors (Lipinski definition) is 5. The van der Waals surface area contributed by atoms with E-state index >= 15 is 0 Å². The number of carbonyl (C=O) groups excluding carboxylic acids is 2. The van der Waals surface area contributed by atoms with Crippen molar-refractivity contribution in [3.05, 3.63) is 0 Å². The number of amides is 2. The van der Waals surface area contributed by atoms with Gasteiger partial charge in [-0.25, -0.2) is 4.79 Å². The first-order valence-electron chi connectivity index (χ1n) is 14.0. The Morgan fingerprint density at radius 1 is 0.778 bits per heavy atom. The molecule has 0 aliphatic rings. The lowest BCUT2D eigenvalue weighted by Gasteiger charge is -2.23. The van der Waals surface area contributed by atoms with Gasteiger partial charge < -0.3 is 26.6 Å². The highest BCUT2D eigenvalue weighted by molar-refractivity contribution is 5.87. The fourth-order valence-corrected chi connectivity index (χ4v) is 4.22. The molecule has 2 amide bonds. The number of nitrogens with two attached hydrogens (primary N) is 1. The number of aliphatic hydroxyl groups excluding tert-OH is 1. The largest absolute Gasteiger partial charge is 0.480 e. The van der Waals surface area contributed by atoms with Crippen LogP contribution in [0.15, 0.2) is 0 Å². The second-order valence-corrected chi connectivity index (χ2v) is 9.88. The van der Waals surface area contributed by atoms with Crippen LogP contribution in [0, 0.1) is 0 Å². The van der Waals surface area contributed by atoms with E-state index < -0.39 is 36.0 Å². The van der Waals surface area contributed by atoms with Crippen molar-refractivity contribution in [2.45, 2.75) is 148 Å². The summed E-state index contributed by atoms with van der Waals surface area (Å²) in [6.07, 6.45) is 19.4. The molecule has 6 N–H and O–H groups in total. The van der Waals surface area contributed by atoms with Gasteiger partial charge in [-0.2, -0.15) is 0 Å². The minimum Gasteiger partial charge on any atom is -0.480 e. The highest BCUT2D eigenvalue weighted by atomic mass is 35.5. The van der Waals surface area contributed by atoms with Gasteiger partial charge in [-0.05, 0) is 26.3 Å². The Hall–Kier alpha value is -1.38. The lowest BCUT2D eigenvalue weighted by atomic mass is 10.0. The molecule has 0 aliphatic heterocycles. The van der Waals surface area contributed by atoms with Crippen LogP contribution in [0.25, 0.3) is 0 Å². The molecule has 0 saturated heterocycles. The van der Waals surface area contributed by atoms with Crippen molar-refractivity contribution >= 4 is 30.2 Å². The SMILES string of the molecule is CCCCCCCCCCCCCCCCCCN[C@H](C(=O)N[C@H](CCC(N)=O)C(=O)O)[C@@H](C)O.Cl. The summed E-state index contributed by atoms with van der Waals surface area (Å²) in [5.41, 5.74) is 5.06. The maximum absolute atomic E-state index is 12.4. The average Bonchev–Trinajstić information content (AvgIpc) is 2.80. The first-order chi connectivity index (χ1) is 16.8. The first-order valence-corrected chi connectivity index (χ1v) is 14.0. The van der Waals surface area contributed by atoms with E-state index in [0.717, 1.165) is 19.3 Å². The number of carbonyl (C=O) groups is 3. The van der Waals surface area contributed by atoms with Crippen LogP contribution in [0.1, 0.15) is 129 Å². The van der Waals surface area contributed by atoms with E-state index in [1.54, 1.807) is 0 Å². The fourth-order valence-electron chi connectivity index (χ4n) is 4.22. The molecule has 0 heterocycles. The summed E-state index contributed by atoms with van der Waals surface area (Å²) >= 11 is 0. The number of primary amides is 1. The summed E-state index contributed by atoms with van der Waals surface area (Å²) in [5, 5.41) is 24.6. The predicted molar refractivity (Wildman–Crippen MR) is 148 cm³/mol. The van der Waals surface area contributed by atoms with E-state index in [4.69, 9.17) is 5.73 Å². The molecule has 0 aromatic carbocycles. The van der Waals surface area contributed by atoms with E-state index in [9.17, 15) is 24.6 Å². The Labute approximate surface area is 225 Å². The highest BCUT2D eigenvalue weighted by Gasteiger charge is 2.28. The maximum Gasteiger partial charge on any atom is 0.326 e. The van der Waals surface area contributed by atoms with E-state index in [-0.39, 0.29) is 25.2 Å². The van der Waals surface area contributed by atoms with Gasteiger partial charge in [-0.1, -0.05) is 103 Å². The number of hydrogen-bond donors (Lipinski definition) is 5. The van der Waals surface area contributed by atoms with Gasteiger partial charge in [0.05, 0.1) is 6.10 Å². The molecule has 9 heteroatoms. The molecule has 0 aromatic rings. The number of aliphatic carboxylic acids is 1. The van der Waals surface area contributed by atoms with Crippen LogP contribution in [0.5, 0.6) is 0 Å². The van der Waals surface area contributed by atoms with Crippen molar-refractivity contribution in [1.29, 1.82) is 0 Å². The fraction of sp³-hybridized carbons (Fsp3) is 0.889. The van der Waals surface area contributed by atoms with Gasteiger partial charge in [-0.15, -0.1) is 12.4 Å². The zero-order valence-corrected chi connectivity index (χ0v) is 23.6. The van der Waals surface area contributed by atoms with Crippen LogP contribution < -0.4 is 16.4 Å². The Balaban J connectivity index is 0. The molecule has 0 fully saturated rings. The molecule has 0 aliphatic carbocycles. The van der Waals surface area contributed by atoms with Gasteiger partial charge in [0, 0.05) is 6.42 Å². The standard InChI is InChI=1S/C27H53N3O5.ClH/c1-3-4-5-6-7-8-9-10-11-12-13-14-15-16-17-18-21-29-25(22(2)31)26(33)30-23(27(34)35)19-20-24(28)32;/h22-23,25,29,31H,3-21H2,1-2H3,(H2,28,32)(H,30,33)(H,34,35);1H/t22-,23-,25+;/m1./s1.